The van der Waals surface area contributed by atoms with E-state index in [0.29, 0.717) is 33.0 Å². The molecule has 0 bridgehead atoms. The van der Waals surface area contributed by atoms with Gasteiger partial charge in [-0.1, -0.05) is 29.3 Å². The molecule has 8 heteroatoms. The molecule has 0 saturated carbocycles. The van der Waals surface area contributed by atoms with E-state index in [4.69, 9.17) is 42.1 Å². The predicted molar refractivity (Wildman–Crippen MR) is 111 cm³/mol. The first kappa shape index (κ1) is 20.7. The Morgan fingerprint density at radius 1 is 1.11 bits per heavy atom. The smallest absolute Gasteiger partial charge is 0.352 e. The topological polar surface area (TPSA) is 54.0 Å². The molecular formula is C20H18Cl2O5S. The fourth-order valence-electron chi connectivity index (χ4n) is 2.54. The fraction of sp³-hybridized carbons (Fsp3) is 0.250. The molecular weight excluding hydrogens is 423 g/mol. The fourth-order valence-corrected chi connectivity index (χ4v) is 4.07. The lowest BCUT2D eigenvalue weighted by Gasteiger charge is -2.09. The molecule has 3 rings (SSSR count). The Labute approximate surface area is 176 Å². The summed E-state index contributed by atoms with van der Waals surface area (Å²) in [6.45, 7) is 2.37. The van der Waals surface area contributed by atoms with Gasteiger partial charge in [0.25, 0.3) is 0 Å². The van der Waals surface area contributed by atoms with Crippen LogP contribution in [-0.2, 0) is 16.1 Å². The summed E-state index contributed by atoms with van der Waals surface area (Å²) < 4.78 is 22.4. The van der Waals surface area contributed by atoms with Gasteiger partial charge in [0, 0.05) is 32.8 Å². The largest absolute Gasteiger partial charge is 0.489 e. The molecule has 0 saturated heterocycles. The van der Waals surface area contributed by atoms with E-state index >= 15 is 0 Å². The molecule has 2 aromatic carbocycles. The number of hydrogen-bond donors (Lipinski definition) is 0. The minimum Gasteiger partial charge on any atom is -0.489 e. The summed E-state index contributed by atoms with van der Waals surface area (Å²) in [6, 6.07) is 10.8. The van der Waals surface area contributed by atoms with Gasteiger partial charge in [0.2, 0.25) is 0 Å². The quantitative estimate of drug-likeness (QED) is 0.320. The van der Waals surface area contributed by atoms with Crippen LogP contribution in [0.15, 0.2) is 36.4 Å². The van der Waals surface area contributed by atoms with Gasteiger partial charge in [-0.05, 0) is 37.3 Å². The average molecular weight is 441 g/mol. The molecule has 5 nitrogen and oxygen atoms in total. The van der Waals surface area contributed by atoms with E-state index in [9.17, 15) is 4.79 Å². The second kappa shape index (κ2) is 9.47. The predicted octanol–water partition coefficient (Wildman–Crippen LogP) is 5.95. The zero-order chi connectivity index (χ0) is 20.1. The Kier molecular flexibility index (Phi) is 7.02. The third-order valence-corrected chi connectivity index (χ3v) is 5.51. The Morgan fingerprint density at radius 3 is 2.64 bits per heavy atom. The number of methoxy groups -OCH3 is 1. The van der Waals surface area contributed by atoms with Gasteiger partial charge in [-0.25, -0.2) is 4.79 Å². The molecule has 0 aliphatic heterocycles. The number of thiophene rings is 1. The Balaban J connectivity index is 1.86. The number of halogens is 2. The van der Waals surface area contributed by atoms with E-state index in [-0.39, 0.29) is 13.4 Å². The first-order chi connectivity index (χ1) is 13.5. The van der Waals surface area contributed by atoms with Gasteiger partial charge in [-0.2, -0.15) is 0 Å². The Morgan fingerprint density at radius 2 is 1.93 bits per heavy atom. The molecule has 0 aliphatic carbocycles. The van der Waals surface area contributed by atoms with Crippen molar-refractivity contribution < 1.29 is 23.7 Å². The monoisotopic (exact) mass is 440 g/mol. The molecule has 0 unspecified atom stereocenters. The van der Waals surface area contributed by atoms with Crippen LogP contribution in [0.4, 0.5) is 0 Å². The second-order valence-corrected chi connectivity index (χ2v) is 7.61. The van der Waals surface area contributed by atoms with Crippen LogP contribution < -0.4 is 9.47 Å². The van der Waals surface area contributed by atoms with E-state index in [0.717, 1.165) is 15.6 Å². The first-order valence-electron chi connectivity index (χ1n) is 8.45. The minimum absolute atomic E-state index is 0.0333. The number of hydrogen-bond acceptors (Lipinski definition) is 6. The van der Waals surface area contributed by atoms with Gasteiger partial charge in [-0.15, -0.1) is 11.3 Å². The van der Waals surface area contributed by atoms with Crippen molar-refractivity contribution in [3.05, 3.63) is 56.9 Å². The number of carbonyl (C=O) groups excluding carboxylic acids is 1. The molecule has 0 atom stereocenters. The van der Waals surface area contributed by atoms with Crippen molar-refractivity contribution in [2.24, 2.45) is 0 Å². The third kappa shape index (κ3) is 4.70. The van der Waals surface area contributed by atoms with Crippen LogP contribution in [0.25, 0.3) is 10.1 Å². The van der Waals surface area contributed by atoms with Gasteiger partial charge in [-0.3, -0.25) is 0 Å². The SMILES string of the molecule is CCOC(=O)c1sc2cc(OCc3ccc(Cl)cc3Cl)ccc2c1OCOC. The zero-order valence-electron chi connectivity index (χ0n) is 15.3. The number of rotatable bonds is 8. The standard InChI is InChI=1S/C20H18Cl2O5S/c1-3-25-20(23)19-18(27-11-24-2)15-7-6-14(9-17(15)28-19)26-10-12-4-5-13(21)8-16(12)22/h4-9H,3,10-11H2,1-2H3. The zero-order valence-corrected chi connectivity index (χ0v) is 17.6. The number of esters is 1. The van der Waals surface area contributed by atoms with Crippen LogP contribution in [0.2, 0.25) is 10.0 Å². The van der Waals surface area contributed by atoms with Crippen LogP contribution in [0, 0.1) is 0 Å². The Bertz CT molecular complexity index is 986. The second-order valence-electron chi connectivity index (χ2n) is 5.71. The van der Waals surface area contributed by atoms with Gasteiger partial charge in [0.15, 0.2) is 17.4 Å². The normalized spacial score (nSPS) is 10.9. The minimum atomic E-state index is -0.426. The first-order valence-corrected chi connectivity index (χ1v) is 10.0. The van der Waals surface area contributed by atoms with Crippen LogP contribution in [0.3, 0.4) is 0 Å². The highest BCUT2D eigenvalue weighted by atomic mass is 35.5. The molecule has 1 aromatic heterocycles. The number of carbonyl (C=O) groups is 1. The van der Waals surface area contributed by atoms with E-state index < -0.39 is 5.97 Å². The van der Waals surface area contributed by atoms with Crippen molar-refractivity contribution in [1.82, 2.24) is 0 Å². The van der Waals surface area contributed by atoms with Gasteiger partial charge in [0.1, 0.15) is 12.4 Å². The van der Waals surface area contributed by atoms with Crippen molar-refractivity contribution in [3.63, 3.8) is 0 Å². The summed E-state index contributed by atoms with van der Waals surface area (Å²) in [5, 5.41) is 1.91. The van der Waals surface area contributed by atoms with Crippen LogP contribution in [-0.4, -0.2) is 26.5 Å². The van der Waals surface area contributed by atoms with Gasteiger partial charge >= 0.3 is 5.97 Å². The highest BCUT2D eigenvalue weighted by Gasteiger charge is 2.21. The maximum Gasteiger partial charge on any atom is 0.352 e. The lowest BCUT2D eigenvalue weighted by atomic mass is 10.2. The van der Waals surface area contributed by atoms with E-state index in [2.05, 4.69) is 0 Å². The lowest BCUT2D eigenvalue weighted by Crippen LogP contribution is -2.06. The van der Waals surface area contributed by atoms with Gasteiger partial charge in [0.05, 0.1) is 6.61 Å². The molecule has 0 spiro atoms. The van der Waals surface area contributed by atoms with Crippen molar-refractivity contribution in [1.29, 1.82) is 0 Å². The third-order valence-electron chi connectivity index (χ3n) is 3.81. The maximum atomic E-state index is 12.3. The summed E-state index contributed by atoms with van der Waals surface area (Å²) >= 11 is 13.4. The molecule has 1 heterocycles. The number of fused-ring (bicyclic) bond motifs is 1. The summed E-state index contributed by atoms with van der Waals surface area (Å²) in [5.74, 6) is 0.672. The molecule has 0 amide bonds. The molecule has 0 N–H and O–H groups in total. The van der Waals surface area contributed by atoms with E-state index in [1.807, 2.05) is 24.3 Å². The summed E-state index contributed by atoms with van der Waals surface area (Å²) in [5.41, 5.74) is 0.827. The van der Waals surface area contributed by atoms with Crippen LogP contribution in [0.5, 0.6) is 11.5 Å². The van der Waals surface area contributed by atoms with Gasteiger partial charge < -0.3 is 18.9 Å². The summed E-state index contributed by atoms with van der Waals surface area (Å²) in [4.78, 5) is 12.7. The molecule has 3 aromatic rings. The molecule has 0 radical (unpaired) electrons. The maximum absolute atomic E-state index is 12.3. The molecule has 0 aliphatic rings. The average Bonchev–Trinajstić information content (AvgIpc) is 3.03. The molecule has 28 heavy (non-hydrogen) atoms. The molecule has 148 valence electrons. The van der Waals surface area contributed by atoms with E-state index in [1.165, 1.54) is 18.4 Å². The number of benzene rings is 2. The summed E-state index contributed by atoms with van der Waals surface area (Å²) in [7, 11) is 1.52. The number of ether oxygens (including phenoxy) is 4. The summed E-state index contributed by atoms with van der Waals surface area (Å²) in [6.07, 6.45) is 0. The van der Waals surface area contributed by atoms with Crippen LogP contribution >= 0.6 is 34.5 Å². The lowest BCUT2D eigenvalue weighted by molar-refractivity contribution is 0.0453. The highest BCUT2D eigenvalue weighted by molar-refractivity contribution is 7.21. The van der Waals surface area contributed by atoms with Crippen molar-refractivity contribution >= 4 is 50.6 Å². The van der Waals surface area contributed by atoms with Crippen molar-refractivity contribution in [2.75, 3.05) is 20.5 Å². The molecule has 0 fully saturated rings. The van der Waals surface area contributed by atoms with Crippen molar-refractivity contribution in [3.8, 4) is 11.5 Å². The van der Waals surface area contributed by atoms with E-state index in [1.54, 1.807) is 19.1 Å². The van der Waals surface area contributed by atoms with Crippen molar-refractivity contribution in [2.45, 2.75) is 13.5 Å². The Hall–Kier alpha value is -1.99. The van der Waals surface area contributed by atoms with Crippen LogP contribution in [0.1, 0.15) is 22.2 Å². The highest BCUT2D eigenvalue weighted by Crippen LogP contribution is 2.40.